The number of rotatable bonds is 26. The Morgan fingerprint density at radius 2 is 1.07 bits per heavy atom. The van der Waals surface area contributed by atoms with Crippen molar-refractivity contribution in [2.24, 2.45) is 0 Å². The number of hydrogen-bond donors (Lipinski definition) is 9. The molecule has 8 atom stereocenters. The van der Waals surface area contributed by atoms with E-state index in [1.54, 1.807) is 6.92 Å². The fourth-order valence-electron chi connectivity index (χ4n) is 5.34. The number of ether oxygens (including phenoxy) is 2. The van der Waals surface area contributed by atoms with Crippen LogP contribution in [0.1, 0.15) is 114 Å². The average Bonchev–Trinajstić information content (AvgIpc) is 3.12. The first-order chi connectivity index (χ1) is 26.8. The van der Waals surface area contributed by atoms with Crippen LogP contribution in [0.4, 0.5) is 0 Å². The fraction of sp³-hybridized carbons (Fsp3) is 0.714. The minimum Gasteiger partial charge on any atom is -0.456 e. The van der Waals surface area contributed by atoms with Gasteiger partial charge in [0.1, 0.15) is 43.2 Å². The quantitative estimate of drug-likeness (QED) is 0.0191. The highest BCUT2D eigenvalue weighted by atomic mass is 31.2. The molecule has 4 unspecified atom stereocenters. The molecule has 1 saturated carbocycles. The maximum atomic E-state index is 12.9. The molecule has 0 aromatic rings. The Kier molecular flexibility index (Phi) is 28.2. The molecule has 344 valence electrons. The lowest BCUT2D eigenvalue weighted by Gasteiger charge is -2.44. The van der Waals surface area contributed by atoms with Gasteiger partial charge < -0.3 is 55.4 Å². The molecular formula is C35H70NO19P3. The van der Waals surface area contributed by atoms with Gasteiger partial charge in [0.15, 0.2) is 6.10 Å². The molecule has 23 heteroatoms. The summed E-state index contributed by atoms with van der Waals surface area (Å²) in [5.41, 5.74) is 0. The Balaban J connectivity index is -0.000000677. The third-order valence-corrected chi connectivity index (χ3v) is 10.0. The summed E-state index contributed by atoms with van der Waals surface area (Å²) < 4.78 is 64.3. The molecule has 0 aromatic heterocycles. The van der Waals surface area contributed by atoms with Gasteiger partial charge in [0.2, 0.25) is 0 Å². The number of unbranched alkanes of at least 4 members (excludes halogenated alkanes) is 12. The summed E-state index contributed by atoms with van der Waals surface area (Å²) >= 11 is 0. The summed E-state index contributed by atoms with van der Waals surface area (Å²) in [6, 6.07) is 0. The number of carbonyl (C=O) groups is 2. The predicted molar refractivity (Wildman–Crippen MR) is 220 cm³/mol. The van der Waals surface area contributed by atoms with Crippen LogP contribution < -0.4 is 6.15 Å². The summed E-state index contributed by atoms with van der Waals surface area (Å²) in [5, 5.41) is 31.6. The lowest BCUT2D eigenvalue weighted by atomic mass is 9.85. The molecule has 1 rings (SSSR count). The van der Waals surface area contributed by atoms with Crippen molar-refractivity contribution in [2.75, 3.05) is 13.2 Å². The largest absolute Gasteiger partial charge is 0.472 e. The minimum absolute atomic E-state index is 0. The van der Waals surface area contributed by atoms with Crippen LogP contribution in [0.3, 0.4) is 0 Å². The van der Waals surface area contributed by atoms with Crippen molar-refractivity contribution < 1.29 is 101 Å². The molecule has 11 N–H and O–H groups in total. The van der Waals surface area contributed by atoms with Crippen LogP contribution in [0, 0.1) is 47.4 Å². The van der Waals surface area contributed by atoms with E-state index in [4.69, 9.17) is 28.3 Å². The van der Waals surface area contributed by atoms with Crippen LogP contribution in [0.25, 0.3) is 0 Å². The van der Waals surface area contributed by atoms with E-state index in [2.05, 4.69) is 57.4 Å². The molecule has 0 radical (unpaired) electrons. The maximum absolute atomic E-state index is 12.9. The van der Waals surface area contributed by atoms with Crippen molar-refractivity contribution in [2.45, 2.75) is 146 Å². The Morgan fingerprint density at radius 1 is 0.621 bits per heavy atom. The summed E-state index contributed by atoms with van der Waals surface area (Å²) in [4.78, 5) is 72.1. The molecule has 0 aliphatic heterocycles. The van der Waals surface area contributed by atoms with Crippen LogP contribution >= 0.6 is 23.5 Å². The Hall–Kier alpha value is -2.65. The third kappa shape index (κ3) is 25.8. The normalized spacial score (nSPS) is 21.7. The second kappa shape index (κ2) is 29.6. The highest BCUT2D eigenvalue weighted by molar-refractivity contribution is 7.47. The standard InChI is InChI=1S/C35H53O19P3.H3N.7H2/c1-3-5-7-9-11-12-13-14-15-16-18-20-22-24-29(37)51-27(25-49-28(36)23-21-19-17-10-8-6-4-2)26-50-57(47,48)54-33-30(38)31(39)34(52-55(41,42)43)35(32(33)40)53-56(44,45)46;;;;;;;;/h27,30-35,38-40H,3,5,7,9,11-16,18,20,22,24-26H2,1-2H3,(H,47,48)(H2,41,42,43)(H2,44,45,46);1H3;7*1H/t27-,30+,31?,32?,33?,34-,35+;;;;;;;;/m1......../s1. The van der Waals surface area contributed by atoms with E-state index in [0.717, 1.165) is 32.1 Å². The smallest absolute Gasteiger partial charge is 0.456 e. The van der Waals surface area contributed by atoms with E-state index >= 15 is 0 Å². The van der Waals surface area contributed by atoms with Crippen molar-refractivity contribution in [1.82, 2.24) is 6.15 Å². The maximum Gasteiger partial charge on any atom is 0.472 e. The van der Waals surface area contributed by atoms with E-state index in [0.29, 0.717) is 6.42 Å². The first-order valence-electron chi connectivity index (χ1n) is 18.3. The average molecular weight is 902 g/mol. The topological polar surface area (TPSA) is 338 Å². The van der Waals surface area contributed by atoms with Gasteiger partial charge in [0, 0.05) is 22.3 Å². The number of aliphatic hydroxyl groups is 3. The van der Waals surface area contributed by atoms with Crippen molar-refractivity contribution in [3.8, 4) is 47.4 Å². The van der Waals surface area contributed by atoms with Crippen molar-refractivity contribution in [1.29, 1.82) is 0 Å². The monoisotopic (exact) mass is 901 g/mol. The van der Waals surface area contributed by atoms with Crippen LogP contribution in [-0.2, 0) is 50.9 Å². The van der Waals surface area contributed by atoms with Gasteiger partial charge in [0.25, 0.3) is 0 Å². The van der Waals surface area contributed by atoms with Gasteiger partial charge in [0.05, 0.1) is 6.61 Å². The fourth-order valence-corrected chi connectivity index (χ4v) is 7.43. The van der Waals surface area contributed by atoms with E-state index in [-0.39, 0.29) is 22.6 Å². The number of esters is 2. The first kappa shape index (κ1) is 55.4. The highest BCUT2D eigenvalue weighted by Gasteiger charge is 2.56. The molecule has 0 spiro atoms. The number of hydrogen-bond acceptors (Lipinski definition) is 15. The number of phosphoric ester groups is 3. The highest BCUT2D eigenvalue weighted by Crippen LogP contribution is 2.51. The zero-order chi connectivity index (χ0) is 42.9. The van der Waals surface area contributed by atoms with Crippen LogP contribution in [0.2, 0.25) is 0 Å². The Labute approximate surface area is 349 Å². The van der Waals surface area contributed by atoms with Gasteiger partial charge >= 0.3 is 35.4 Å². The van der Waals surface area contributed by atoms with Gasteiger partial charge in [-0.15, -0.1) is 0 Å². The molecule has 1 fully saturated rings. The van der Waals surface area contributed by atoms with E-state index in [9.17, 15) is 53.3 Å². The van der Waals surface area contributed by atoms with Crippen LogP contribution in [0.5, 0.6) is 0 Å². The molecular weight excluding hydrogens is 831 g/mol. The Morgan fingerprint density at radius 3 is 1.57 bits per heavy atom. The van der Waals surface area contributed by atoms with Crippen LogP contribution in [0.15, 0.2) is 0 Å². The van der Waals surface area contributed by atoms with Gasteiger partial charge in [-0.2, -0.15) is 0 Å². The number of aliphatic hydroxyl groups excluding tert-OH is 3. The molecule has 0 heterocycles. The van der Waals surface area contributed by atoms with Crippen molar-refractivity contribution >= 4 is 35.4 Å². The zero-order valence-corrected chi connectivity index (χ0v) is 35.2. The summed E-state index contributed by atoms with van der Waals surface area (Å²) in [5.74, 6) is 16.6. The van der Waals surface area contributed by atoms with Gasteiger partial charge in [-0.25, -0.2) is 18.5 Å². The van der Waals surface area contributed by atoms with Crippen molar-refractivity contribution in [3.05, 3.63) is 0 Å². The third-order valence-electron chi connectivity index (χ3n) is 8.00. The molecule has 0 bridgehead atoms. The molecule has 58 heavy (non-hydrogen) atoms. The summed E-state index contributed by atoms with van der Waals surface area (Å²) in [6.07, 6.45) is -2.80. The zero-order valence-electron chi connectivity index (χ0n) is 32.5. The first-order valence-corrected chi connectivity index (χ1v) is 22.8. The van der Waals surface area contributed by atoms with Gasteiger partial charge in [-0.05, 0) is 48.9 Å². The SMILES string of the molecule is CC#CC#CC#CC#CC(=O)OC[C@H](COP(=O)(O)OC1C(O)[C@H](OP(=O)(O)O)[C@H](OP(=O)(O)O)C(O)[C@@H]1O)OC(=O)CCCCCCCCCCCCCCC.N.[HH].[HH].[HH].[HH].[HH].[HH].[HH]. The predicted octanol–water partition coefficient (Wildman–Crippen LogP) is 4.39. The van der Waals surface area contributed by atoms with Gasteiger partial charge in [-0.1, -0.05) is 89.9 Å². The second-order valence-corrected chi connectivity index (χ2v) is 16.5. The lowest BCUT2D eigenvalue weighted by Crippen LogP contribution is -2.65. The summed E-state index contributed by atoms with van der Waals surface area (Å²) in [6.45, 7) is 1.99. The number of carbonyl (C=O) groups excluding carboxylic acids is 2. The lowest BCUT2D eigenvalue weighted by molar-refractivity contribution is -0.213. The van der Waals surface area contributed by atoms with E-state index in [1.807, 2.05) is 5.92 Å². The van der Waals surface area contributed by atoms with Gasteiger partial charge in [-0.3, -0.25) is 22.9 Å². The molecule has 0 amide bonds. The molecule has 0 saturated heterocycles. The number of phosphoric acid groups is 3. The van der Waals surface area contributed by atoms with E-state index < -0.39 is 91.3 Å². The Bertz CT molecular complexity index is 1690. The molecule has 0 aromatic carbocycles. The molecule has 1 aliphatic carbocycles. The second-order valence-electron chi connectivity index (χ2n) is 12.8. The summed E-state index contributed by atoms with van der Waals surface area (Å²) in [7, 11) is -16.7. The van der Waals surface area contributed by atoms with E-state index in [1.165, 1.54) is 44.9 Å². The van der Waals surface area contributed by atoms with Crippen LogP contribution in [-0.4, -0.2) is 108 Å². The minimum atomic E-state index is -5.61. The van der Waals surface area contributed by atoms with Crippen molar-refractivity contribution in [3.63, 3.8) is 0 Å². The molecule has 20 nitrogen and oxygen atoms in total. The molecule has 1 aliphatic rings.